The number of nitrogens with zero attached hydrogens (tertiary/aromatic N) is 1. The highest BCUT2D eigenvalue weighted by molar-refractivity contribution is 8.26. The number of carboxylic acid groups (broad SMARTS) is 2. The van der Waals surface area contributed by atoms with Crippen molar-refractivity contribution in [2.75, 3.05) is 0 Å². The van der Waals surface area contributed by atoms with Crippen LogP contribution in [0.15, 0.2) is 38.6 Å². The van der Waals surface area contributed by atoms with Crippen LogP contribution in [0, 0.1) is 6.92 Å². The molecule has 1 aromatic carbocycles. The SMILES string of the molecule is Cc1ccc2occ(/C=C3/SC(=S)N(C(CC(=O)O)C(=O)O)C3=O)c(=O)c2c1. The fourth-order valence-corrected chi connectivity index (χ4v) is 4.05. The number of aryl methyl sites for hydroxylation is 1. The van der Waals surface area contributed by atoms with Crippen LogP contribution in [0.3, 0.4) is 0 Å². The second-order valence-electron chi connectivity index (χ2n) is 6.02. The van der Waals surface area contributed by atoms with E-state index in [-0.39, 0.29) is 20.2 Å². The molecular formula is C18H13NO7S2. The van der Waals surface area contributed by atoms with Crippen LogP contribution >= 0.6 is 24.0 Å². The van der Waals surface area contributed by atoms with Gasteiger partial charge in [0.1, 0.15) is 22.2 Å². The Hall–Kier alpha value is -2.98. The number of fused-ring (bicyclic) bond motifs is 1. The molecule has 1 aliphatic heterocycles. The minimum Gasteiger partial charge on any atom is -0.481 e. The summed E-state index contributed by atoms with van der Waals surface area (Å²) in [7, 11) is 0. The quantitative estimate of drug-likeness (QED) is 0.554. The summed E-state index contributed by atoms with van der Waals surface area (Å²) >= 11 is 5.85. The molecule has 0 radical (unpaired) electrons. The van der Waals surface area contributed by atoms with Crippen LogP contribution in [0.5, 0.6) is 0 Å². The number of amides is 1. The lowest BCUT2D eigenvalue weighted by Crippen LogP contribution is -2.45. The number of thiocarbonyl (C=S) groups is 1. The largest absolute Gasteiger partial charge is 0.481 e. The summed E-state index contributed by atoms with van der Waals surface area (Å²) in [5, 5.41) is 18.5. The molecular weight excluding hydrogens is 406 g/mol. The van der Waals surface area contributed by atoms with Gasteiger partial charge in [0.25, 0.3) is 5.91 Å². The van der Waals surface area contributed by atoms with Gasteiger partial charge in [-0.25, -0.2) is 4.79 Å². The van der Waals surface area contributed by atoms with Gasteiger partial charge in [-0.1, -0.05) is 35.6 Å². The first-order valence-corrected chi connectivity index (χ1v) is 9.15. The first kappa shape index (κ1) is 19.8. The molecule has 2 aromatic rings. The van der Waals surface area contributed by atoms with Crippen LogP contribution in [-0.4, -0.2) is 43.3 Å². The Morgan fingerprint density at radius 1 is 1.32 bits per heavy atom. The van der Waals surface area contributed by atoms with Crippen molar-refractivity contribution in [1.82, 2.24) is 4.90 Å². The van der Waals surface area contributed by atoms with Crippen molar-refractivity contribution in [2.45, 2.75) is 19.4 Å². The smallest absolute Gasteiger partial charge is 0.327 e. The Balaban J connectivity index is 2.01. The fourth-order valence-electron chi connectivity index (χ4n) is 2.70. The molecule has 2 heterocycles. The van der Waals surface area contributed by atoms with E-state index in [2.05, 4.69) is 0 Å². The van der Waals surface area contributed by atoms with E-state index in [1.54, 1.807) is 18.2 Å². The van der Waals surface area contributed by atoms with Gasteiger partial charge >= 0.3 is 11.9 Å². The number of thioether (sulfide) groups is 1. The van der Waals surface area contributed by atoms with Gasteiger partial charge < -0.3 is 14.6 Å². The molecule has 1 amide bonds. The van der Waals surface area contributed by atoms with E-state index < -0.39 is 30.3 Å². The number of aliphatic carboxylic acids is 2. The van der Waals surface area contributed by atoms with Crippen molar-refractivity contribution in [3.05, 3.63) is 50.7 Å². The number of carbonyl (C=O) groups is 3. The Kier molecular flexibility index (Phi) is 5.34. The van der Waals surface area contributed by atoms with Crippen LogP contribution < -0.4 is 5.43 Å². The average Bonchev–Trinajstić information content (AvgIpc) is 2.89. The third-order valence-electron chi connectivity index (χ3n) is 4.03. The van der Waals surface area contributed by atoms with Crippen molar-refractivity contribution in [3.8, 4) is 0 Å². The van der Waals surface area contributed by atoms with E-state index >= 15 is 0 Å². The summed E-state index contributed by atoms with van der Waals surface area (Å²) in [6.45, 7) is 1.82. The number of hydrogen-bond acceptors (Lipinski definition) is 7. The standard InChI is InChI=1S/C18H13NO7S2/c1-8-2-3-12-10(4-8)15(22)9(7-26-12)5-13-16(23)19(18(27)28-13)11(17(24)25)6-14(20)21/h2-5,7,11H,6H2,1H3,(H,20,21)(H,24,25)/b13-5+. The molecule has 1 unspecified atom stereocenters. The summed E-state index contributed by atoms with van der Waals surface area (Å²) in [5.41, 5.74) is 1.01. The molecule has 1 atom stereocenters. The highest BCUT2D eigenvalue weighted by Gasteiger charge is 2.41. The van der Waals surface area contributed by atoms with E-state index in [1.165, 1.54) is 12.3 Å². The first-order chi connectivity index (χ1) is 13.2. The zero-order valence-corrected chi connectivity index (χ0v) is 16.0. The average molecular weight is 419 g/mol. The van der Waals surface area contributed by atoms with E-state index in [9.17, 15) is 24.3 Å². The maximum absolute atomic E-state index is 12.7. The summed E-state index contributed by atoms with van der Waals surface area (Å²) in [6.07, 6.45) is 1.68. The van der Waals surface area contributed by atoms with Crippen LogP contribution in [-0.2, 0) is 14.4 Å². The first-order valence-electron chi connectivity index (χ1n) is 7.93. The van der Waals surface area contributed by atoms with Gasteiger partial charge in [-0.2, -0.15) is 0 Å². The monoisotopic (exact) mass is 419 g/mol. The third kappa shape index (κ3) is 3.69. The van der Waals surface area contributed by atoms with Crippen molar-refractivity contribution in [3.63, 3.8) is 0 Å². The van der Waals surface area contributed by atoms with Crippen LogP contribution in [0.4, 0.5) is 0 Å². The van der Waals surface area contributed by atoms with Gasteiger partial charge in [0, 0.05) is 0 Å². The highest BCUT2D eigenvalue weighted by Crippen LogP contribution is 2.34. The molecule has 8 nitrogen and oxygen atoms in total. The second kappa shape index (κ2) is 7.56. The van der Waals surface area contributed by atoms with Gasteiger partial charge in [-0.15, -0.1) is 0 Å². The predicted octanol–water partition coefficient (Wildman–Crippen LogP) is 2.23. The number of rotatable bonds is 5. The molecule has 0 saturated carbocycles. The predicted molar refractivity (Wildman–Crippen MR) is 106 cm³/mol. The molecule has 0 bridgehead atoms. The van der Waals surface area contributed by atoms with Crippen LogP contribution in [0.25, 0.3) is 17.0 Å². The van der Waals surface area contributed by atoms with Gasteiger partial charge in [-0.3, -0.25) is 19.3 Å². The lowest BCUT2D eigenvalue weighted by molar-refractivity contribution is -0.150. The maximum Gasteiger partial charge on any atom is 0.327 e. The van der Waals surface area contributed by atoms with Gasteiger partial charge in [0.2, 0.25) is 0 Å². The molecule has 10 heteroatoms. The summed E-state index contributed by atoms with van der Waals surface area (Å²) in [5.74, 6) is -3.64. The lowest BCUT2D eigenvalue weighted by Gasteiger charge is -2.21. The number of carbonyl (C=O) groups excluding carboxylic acids is 1. The lowest BCUT2D eigenvalue weighted by atomic mass is 10.1. The molecule has 0 spiro atoms. The fraction of sp³-hybridized carbons (Fsp3) is 0.167. The molecule has 0 aliphatic carbocycles. The Labute approximate surface area is 167 Å². The summed E-state index contributed by atoms with van der Waals surface area (Å²) < 4.78 is 5.34. The third-order valence-corrected chi connectivity index (χ3v) is 5.36. The Morgan fingerprint density at radius 3 is 2.68 bits per heavy atom. The van der Waals surface area contributed by atoms with Gasteiger partial charge in [-0.05, 0) is 25.1 Å². The molecule has 1 saturated heterocycles. The van der Waals surface area contributed by atoms with E-state index in [0.717, 1.165) is 22.2 Å². The molecule has 3 rings (SSSR count). The van der Waals surface area contributed by atoms with Gasteiger partial charge in [0.05, 0.1) is 22.3 Å². The molecule has 1 aliphatic rings. The van der Waals surface area contributed by atoms with E-state index in [4.69, 9.17) is 21.7 Å². The number of hydrogen-bond donors (Lipinski definition) is 2. The minimum absolute atomic E-state index is 0.0148. The van der Waals surface area contributed by atoms with E-state index in [1.807, 2.05) is 6.92 Å². The molecule has 1 fully saturated rings. The van der Waals surface area contributed by atoms with Gasteiger partial charge in [0.15, 0.2) is 5.43 Å². The Bertz CT molecular complexity index is 1120. The summed E-state index contributed by atoms with van der Waals surface area (Å²) in [4.78, 5) is 48.4. The second-order valence-corrected chi connectivity index (χ2v) is 7.70. The maximum atomic E-state index is 12.7. The zero-order valence-electron chi connectivity index (χ0n) is 14.4. The molecule has 28 heavy (non-hydrogen) atoms. The Morgan fingerprint density at radius 2 is 2.04 bits per heavy atom. The molecule has 144 valence electrons. The highest BCUT2D eigenvalue weighted by atomic mass is 32.2. The molecule has 2 N–H and O–H groups in total. The van der Waals surface area contributed by atoms with Crippen molar-refractivity contribution >= 4 is 63.2 Å². The number of carboxylic acids is 2. The van der Waals surface area contributed by atoms with Crippen LogP contribution in [0.2, 0.25) is 0 Å². The zero-order chi connectivity index (χ0) is 20.6. The summed E-state index contributed by atoms with van der Waals surface area (Å²) in [6, 6.07) is 3.49. The van der Waals surface area contributed by atoms with Crippen molar-refractivity contribution in [1.29, 1.82) is 0 Å². The van der Waals surface area contributed by atoms with Crippen LogP contribution in [0.1, 0.15) is 17.5 Å². The van der Waals surface area contributed by atoms with Crippen molar-refractivity contribution < 1.29 is 29.0 Å². The number of benzene rings is 1. The van der Waals surface area contributed by atoms with E-state index in [0.29, 0.717) is 11.0 Å². The van der Waals surface area contributed by atoms with Crippen molar-refractivity contribution in [2.24, 2.45) is 0 Å². The topological polar surface area (TPSA) is 125 Å². The minimum atomic E-state index is -1.63. The normalized spacial score (nSPS) is 16.8. The molecule has 1 aromatic heterocycles.